The third kappa shape index (κ3) is 3.49. The molecule has 0 bridgehead atoms. The van der Waals surface area contributed by atoms with E-state index >= 15 is 0 Å². The van der Waals surface area contributed by atoms with Crippen LogP contribution in [0.25, 0.3) is 0 Å². The van der Waals surface area contributed by atoms with Gasteiger partial charge < -0.3 is 10.7 Å². The summed E-state index contributed by atoms with van der Waals surface area (Å²) in [5.74, 6) is -0.543. The van der Waals surface area contributed by atoms with Gasteiger partial charge in [0.2, 0.25) is 5.71 Å². The van der Waals surface area contributed by atoms with Crippen LogP contribution in [0.1, 0.15) is 26.9 Å². The first-order chi connectivity index (χ1) is 12.9. The zero-order valence-electron chi connectivity index (χ0n) is 14.4. The van der Waals surface area contributed by atoms with Crippen LogP contribution in [-0.4, -0.2) is 54.2 Å². The van der Waals surface area contributed by atoms with Crippen LogP contribution < -0.4 is 5.73 Å². The molecular formula is C16H16N3O7S2+. The lowest BCUT2D eigenvalue weighted by Gasteiger charge is -2.21. The quantitative estimate of drug-likeness (QED) is 0.314. The van der Waals surface area contributed by atoms with E-state index in [9.17, 15) is 30.7 Å². The van der Waals surface area contributed by atoms with Crippen LogP contribution in [0.5, 0.6) is 0 Å². The van der Waals surface area contributed by atoms with Crippen LogP contribution >= 0.6 is 0 Å². The number of aromatic amines is 1. The summed E-state index contributed by atoms with van der Waals surface area (Å²) < 4.78 is 67.7. The molecule has 1 unspecified atom stereocenters. The van der Waals surface area contributed by atoms with E-state index < -0.39 is 36.3 Å². The number of allylic oxidation sites excluding steroid dienone is 1. The van der Waals surface area contributed by atoms with Gasteiger partial charge in [0.05, 0.1) is 5.56 Å². The van der Waals surface area contributed by atoms with Gasteiger partial charge in [0.25, 0.3) is 20.2 Å². The van der Waals surface area contributed by atoms with Gasteiger partial charge in [-0.3, -0.25) is 9.11 Å². The molecule has 28 heavy (non-hydrogen) atoms. The fourth-order valence-corrected chi connectivity index (χ4v) is 4.57. The molecule has 0 spiro atoms. The zero-order chi connectivity index (χ0) is 20.9. The Kier molecular flexibility index (Phi) is 4.75. The van der Waals surface area contributed by atoms with Crippen LogP contribution in [0.3, 0.4) is 0 Å². The highest BCUT2D eigenvalue weighted by Crippen LogP contribution is 2.36. The van der Waals surface area contributed by atoms with E-state index in [0.717, 1.165) is 16.7 Å². The molecule has 0 aliphatic heterocycles. The third-order valence-corrected chi connectivity index (χ3v) is 6.17. The number of amides is 1. The Hall–Kier alpha value is -2.80. The number of nitrogens with two attached hydrogens (primary N) is 1. The van der Waals surface area contributed by atoms with Gasteiger partial charge in [-0.05, 0) is 29.8 Å². The monoisotopic (exact) mass is 426 g/mol. The van der Waals surface area contributed by atoms with Crippen molar-refractivity contribution < 1.29 is 35.3 Å². The lowest BCUT2D eigenvalue weighted by atomic mass is 9.93. The minimum absolute atomic E-state index is 0.00197. The fraction of sp³-hybridized carbons (Fsp3) is 0.125. The molecule has 1 aromatic carbocycles. The van der Waals surface area contributed by atoms with Gasteiger partial charge in [-0.25, -0.2) is 4.79 Å². The maximum Gasteiger partial charge on any atom is 0.435 e. The fourth-order valence-electron chi connectivity index (χ4n) is 3.02. The topological polar surface area (TPSA) is 171 Å². The normalized spacial score (nSPS) is 18.6. The molecule has 1 aromatic heterocycles. The Bertz CT molecular complexity index is 1240. The minimum atomic E-state index is -4.84. The lowest BCUT2D eigenvalue weighted by Crippen LogP contribution is -2.30. The summed E-state index contributed by atoms with van der Waals surface area (Å²) in [4.78, 5) is 14.7. The van der Waals surface area contributed by atoms with Crippen LogP contribution in [0.4, 0.5) is 5.69 Å². The first-order valence-corrected chi connectivity index (χ1v) is 10.7. The van der Waals surface area contributed by atoms with Gasteiger partial charge in [0, 0.05) is 18.0 Å². The summed E-state index contributed by atoms with van der Waals surface area (Å²) in [6.07, 6.45) is 3.81. The molecule has 5 N–H and O–H groups in total. The van der Waals surface area contributed by atoms with Gasteiger partial charge in [-0.15, -0.1) is 0 Å². The molecule has 0 radical (unpaired) electrons. The number of benzene rings is 1. The molecule has 3 rings (SSSR count). The molecule has 12 heteroatoms. The number of nitrogens with zero attached hydrogens (tertiary/aromatic N) is 1. The molecule has 0 saturated heterocycles. The van der Waals surface area contributed by atoms with Crippen LogP contribution in [0.15, 0.2) is 47.5 Å². The number of anilines is 1. The largest absolute Gasteiger partial charge is 0.435 e. The molecule has 1 atom stereocenters. The average Bonchev–Trinajstić information content (AvgIpc) is 3.11. The number of aromatic nitrogens is 1. The zero-order valence-corrected chi connectivity index (χ0v) is 16.0. The summed E-state index contributed by atoms with van der Waals surface area (Å²) in [6.45, 7) is 0. The smallest absolute Gasteiger partial charge is 0.399 e. The molecule has 2 aromatic rings. The SMILES string of the molecule is C[N+](C(=O)c1ccc[nH]1)=C1C=CC(S(=O)(=O)O)c2cc(N)cc(S(=O)(=O)O)c21. The number of carbonyl (C=O) groups is 1. The van der Waals surface area contributed by atoms with E-state index in [1.165, 1.54) is 31.5 Å². The molecule has 0 fully saturated rings. The highest BCUT2D eigenvalue weighted by molar-refractivity contribution is 7.86. The Labute approximate surface area is 160 Å². The number of nitrogens with one attached hydrogen (secondary N) is 1. The van der Waals surface area contributed by atoms with E-state index in [2.05, 4.69) is 4.98 Å². The van der Waals surface area contributed by atoms with Crippen LogP contribution in [0.2, 0.25) is 0 Å². The second kappa shape index (κ2) is 6.67. The average molecular weight is 426 g/mol. The number of carbonyl (C=O) groups excluding carboxylic acids is 1. The van der Waals surface area contributed by atoms with Crippen LogP contribution in [-0.2, 0) is 20.2 Å². The third-order valence-electron chi connectivity index (χ3n) is 4.24. The van der Waals surface area contributed by atoms with Gasteiger partial charge >= 0.3 is 5.91 Å². The molecule has 10 nitrogen and oxygen atoms in total. The van der Waals surface area contributed by atoms with Crippen molar-refractivity contribution >= 4 is 37.5 Å². The summed E-state index contributed by atoms with van der Waals surface area (Å²) in [7, 11) is -8.16. The molecular weight excluding hydrogens is 410 g/mol. The predicted octanol–water partition coefficient (Wildman–Crippen LogP) is 0.614. The number of rotatable bonds is 3. The Morgan fingerprint density at radius 1 is 1.21 bits per heavy atom. The highest BCUT2D eigenvalue weighted by atomic mass is 32.2. The standard InChI is InChI=1S/C16H15N3O7S2/c1-19(16(20)11-3-2-6-18-11)12-4-5-13(27(21,22)23)10-7-9(17)8-14(15(10)12)28(24,25)26/h2-8,13,17H,1H3,(H3,18,20,21,22,23,24,25,26)/p+1. The number of nitrogen functional groups attached to an aromatic ring is 1. The number of hydrogen-bond acceptors (Lipinski definition) is 6. The maximum absolute atomic E-state index is 12.7. The molecule has 0 saturated carbocycles. The molecule has 1 aliphatic rings. The molecule has 1 aliphatic carbocycles. The Morgan fingerprint density at radius 2 is 1.89 bits per heavy atom. The lowest BCUT2D eigenvalue weighted by molar-refractivity contribution is -0.393. The van der Waals surface area contributed by atoms with Crippen molar-refractivity contribution in [3.63, 3.8) is 0 Å². The van der Waals surface area contributed by atoms with E-state index in [4.69, 9.17) is 5.73 Å². The number of fused-ring (bicyclic) bond motifs is 1. The van der Waals surface area contributed by atoms with Gasteiger partial charge in [-0.2, -0.15) is 21.4 Å². The molecule has 1 amide bonds. The first-order valence-electron chi connectivity index (χ1n) is 7.75. The van der Waals surface area contributed by atoms with Crippen molar-refractivity contribution in [1.29, 1.82) is 0 Å². The van der Waals surface area contributed by atoms with Crippen LogP contribution in [0, 0.1) is 0 Å². The van der Waals surface area contributed by atoms with Crippen molar-refractivity contribution in [1.82, 2.24) is 4.98 Å². The first kappa shape index (κ1) is 19.9. The summed E-state index contributed by atoms with van der Waals surface area (Å²) in [6, 6.07) is 5.20. The van der Waals surface area contributed by atoms with Crippen molar-refractivity contribution in [3.05, 3.63) is 59.4 Å². The van der Waals surface area contributed by atoms with E-state index in [-0.39, 0.29) is 28.2 Å². The van der Waals surface area contributed by atoms with E-state index in [1.54, 1.807) is 6.07 Å². The summed E-state index contributed by atoms with van der Waals surface area (Å²) in [5.41, 5.74) is 5.30. The van der Waals surface area contributed by atoms with E-state index in [0.29, 0.717) is 0 Å². The summed E-state index contributed by atoms with van der Waals surface area (Å²) in [5, 5.41) is -1.62. The van der Waals surface area contributed by atoms with Crippen molar-refractivity contribution in [3.8, 4) is 0 Å². The number of H-pyrrole nitrogens is 1. The van der Waals surface area contributed by atoms with Gasteiger partial charge in [-0.1, -0.05) is 6.08 Å². The second-order valence-electron chi connectivity index (χ2n) is 6.09. The maximum atomic E-state index is 12.7. The molecule has 148 valence electrons. The van der Waals surface area contributed by atoms with Crippen molar-refractivity contribution in [2.75, 3.05) is 12.8 Å². The van der Waals surface area contributed by atoms with Crippen molar-refractivity contribution in [2.45, 2.75) is 10.1 Å². The van der Waals surface area contributed by atoms with E-state index in [1.807, 2.05) is 0 Å². The Balaban J connectivity index is 2.40. The Morgan fingerprint density at radius 3 is 2.43 bits per heavy atom. The minimum Gasteiger partial charge on any atom is -0.399 e. The highest BCUT2D eigenvalue weighted by Gasteiger charge is 2.38. The molecule has 1 heterocycles. The summed E-state index contributed by atoms with van der Waals surface area (Å²) >= 11 is 0. The predicted molar refractivity (Wildman–Crippen MR) is 99.5 cm³/mol. The second-order valence-corrected chi connectivity index (χ2v) is 9.01. The van der Waals surface area contributed by atoms with Gasteiger partial charge in [0.15, 0.2) is 5.69 Å². The van der Waals surface area contributed by atoms with Crippen molar-refractivity contribution in [2.24, 2.45) is 0 Å². The number of hydrogen-bond donors (Lipinski definition) is 4. The van der Waals surface area contributed by atoms with Gasteiger partial charge in [0.1, 0.15) is 17.2 Å².